The Kier molecular flexibility index (Phi) is 11.7. The van der Waals surface area contributed by atoms with Gasteiger partial charge in [0.1, 0.15) is 0 Å². The van der Waals surface area contributed by atoms with Gasteiger partial charge in [0.05, 0.1) is 73.3 Å². The molecule has 0 N–H and O–H groups in total. The molecular formula is C92H54N6. The number of hydrogen-bond donors (Lipinski definition) is 0. The van der Waals surface area contributed by atoms with Crippen LogP contribution in [-0.2, 0) is 0 Å². The maximum atomic E-state index is 5.84. The Morgan fingerprint density at radius 1 is 0.194 bits per heavy atom. The number of hydrogen-bond acceptors (Lipinski definition) is 6. The van der Waals surface area contributed by atoms with Gasteiger partial charge in [-0.1, -0.05) is 249 Å². The fourth-order valence-corrected chi connectivity index (χ4v) is 16.1. The molecule has 0 aliphatic carbocycles. The van der Waals surface area contributed by atoms with Crippen LogP contribution in [0.1, 0.15) is 0 Å². The molecule has 452 valence electrons. The van der Waals surface area contributed by atoms with Crippen molar-refractivity contribution in [2.45, 2.75) is 0 Å². The molecule has 98 heavy (non-hydrogen) atoms. The number of fused-ring (bicyclic) bond motifs is 13. The Bertz CT molecular complexity index is 6650. The van der Waals surface area contributed by atoms with Gasteiger partial charge in [-0.05, 0) is 150 Å². The van der Waals surface area contributed by atoms with E-state index in [4.69, 9.17) is 19.9 Å². The van der Waals surface area contributed by atoms with Crippen LogP contribution >= 0.6 is 0 Å². The van der Waals surface area contributed by atoms with Gasteiger partial charge < -0.3 is 9.80 Å². The molecule has 0 saturated carbocycles. The van der Waals surface area contributed by atoms with E-state index in [1.165, 1.54) is 65.5 Å². The van der Waals surface area contributed by atoms with Gasteiger partial charge in [-0.3, -0.25) is 0 Å². The molecule has 6 nitrogen and oxygen atoms in total. The topological polar surface area (TPSA) is 58.0 Å². The molecule has 19 aromatic rings. The van der Waals surface area contributed by atoms with Gasteiger partial charge in [-0.25, -0.2) is 19.9 Å². The molecule has 21 rings (SSSR count). The molecule has 0 spiro atoms. The minimum absolute atomic E-state index is 0.815. The molecule has 0 unspecified atom stereocenters. The monoisotopic (exact) mass is 1240 g/mol. The van der Waals surface area contributed by atoms with Crippen molar-refractivity contribution in [3.8, 4) is 78.4 Å². The molecule has 0 saturated heterocycles. The summed E-state index contributed by atoms with van der Waals surface area (Å²) in [6, 6.07) is 119. The van der Waals surface area contributed by atoms with Gasteiger partial charge in [-0.2, -0.15) is 0 Å². The maximum Gasteiger partial charge on any atom is 0.0980 e. The van der Waals surface area contributed by atoms with Gasteiger partial charge in [0.15, 0.2) is 0 Å². The molecule has 2 aromatic heterocycles. The average Bonchev–Trinajstić information content (AvgIpc) is 0.714. The van der Waals surface area contributed by atoms with Crippen LogP contribution in [0.4, 0.5) is 34.1 Å². The van der Waals surface area contributed by atoms with Gasteiger partial charge in [0, 0.05) is 66.0 Å². The molecule has 2 aliphatic rings. The van der Waals surface area contributed by atoms with Crippen molar-refractivity contribution >= 4 is 132 Å². The quantitative estimate of drug-likeness (QED) is 0.158. The fourth-order valence-electron chi connectivity index (χ4n) is 16.1. The highest BCUT2D eigenvalue weighted by Gasteiger charge is 2.33. The molecule has 0 bridgehead atoms. The third kappa shape index (κ3) is 8.22. The number of rotatable bonds is 7. The summed E-state index contributed by atoms with van der Waals surface area (Å²) in [5.74, 6) is 0. The van der Waals surface area contributed by atoms with Crippen LogP contribution in [0.3, 0.4) is 0 Å². The summed E-state index contributed by atoms with van der Waals surface area (Å²) in [5.41, 5.74) is 24.4. The normalized spacial score (nSPS) is 12.4. The third-order valence-corrected chi connectivity index (χ3v) is 20.5. The zero-order valence-electron chi connectivity index (χ0n) is 52.9. The largest absolute Gasteiger partial charge is 0.309 e. The van der Waals surface area contributed by atoms with Gasteiger partial charge in [0.2, 0.25) is 0 Å². The lowest BCUT2D eigenvalue weighted by atomic mass is 9.86. The molecule has 0 amide bonds. The van der Waals surface area contributed by atoms with E-state index in [2.05, 4.69) is 319 Å². The summed E-state index contributed by atoms with van der Waals surface area (Å²) in [5, 5.41) is 16.3. The number of anilines is 6. The van der Waals surface area contributed by atoms with E-state index in [1.807, 2.05) is 18.2 Å². The van der Waals surface area contributed by atoms with E-state index < -0.39 is 0 Å². The van der Waals surface area contributed by atoms with Crippen molar-refractivity contribution in [1.82, 2.24) is 19.9 Å². The molecule has 0 atom stereocenters. The highest BCUT2D eigenvalue weighted by molar-refractivity contribution is 6.23. The van der Waals surface area contributed by atoms with E-state index in [1.54, 1.807) is 0 Å². The summed E-state index contributed by atoms with van der Waals surface area (Å²) in [4.78, 5) is 27.4. The molecule has 6 heteroatoms. The second kappa shape index (κ2) is 21.2. The van der Waals surface area contributed by atoms with Crippen LogP contribution in [-0.4, -0.2) is 19.9 Å². The first kappa shape index (κ1) is 54.3. The lowest BCUT2D eigenvalue weighted by Gasteiger charge is -2.35. The number of nitrogens with zero attached hydrogens (tertiary/aromatic N) is 6. The minimum Gasteiger partial charge on any atom is -0.309 e. The van der Waals surface area contributed by atoms with Gasteiger partial charge in [0.25, 0.3) is 0 Å². The predicted molar refractivity (Wildman–Crippen MR) is 410 cm³/mol. The SMILES string of the molecule is c1ccc(-c2nc3ccccc3nc2-c2ccc(N3c4c(ccc5ccccc45)-c4cc(-c5ccc6nc(-c7cc(N8c9c(ccc%10ccccc9%10)-c9cccc%10cccc8c9%10)cc8ccccc78)c(-c7ccc8ccccc8c7)nc6c5)cc5cccc3c45)c3ccccc23)cc1. The van der Waals surface area contributed by atoms with Crippen LogP contribution in [0.15, 0.2) is 328 Å². The Hall–Kier alpha value is -13.2. The van der Waals surface area contributed by atoms with Crippen LogP contribution in [0, 0.1) is 0 Å². The van der Waals surface area contributed by atoms with Crippen molar-refractivity contribution < 1.29 is 0 Å². The lowest BCUT2D eigenvalue weighted by Crippen LogP contribution is -2.16. The summed E-state index contributed by atoms with van der Waals surface area (Å²) >= 11 is 0. The van der Waals surface area contributed by atoms with Crippen molar-refractivity contribution in [3.63, 3.8) is 0 Å². The van der Waals surface area contributed by atoms with Crippen molar-refractivity contribution in [2.75, 3.05) is 9.80 Å². The van der Waals surface area contributed by atoms with E-state index in [0.29, 0.717) is 0 Å². The van der Waals surface area contributed by atoms with Crippen molar-refractivity contribution in [1.29, 1.82) is 0 Å². The minimum atomic E-state index is 0.815. The van der Waals surface area contributed by atoms with Crippen LogP contribution in [0.25, 0.3) is 176 Å². The van der Waals surface area contributed by atoms with Crippen LogP contribution in [0.5, 0.6) is 0 Å². The molecular weight excluding hydrogens is 1190 g/mol. The number of benzene rings is 17. The molecule has 0 radical (unpaired) electrons. The number of para-hydroxylation sites is 2. The number of aromatic nitrogens is 4. The molecule has 2 aliphatic heterocycles. The van der Waals surface area contributed by atoms with Crippen LogP contribution < -0.4 is 9.80 Å². The first-order chi connectivity index (χ1) is 48.6. The maximum absolute atomic E-state index is 5.84. The lowest BCUT2D eigenvalue weighted by molar-refractivity contribution is 1.28. The highest BCUT2D eigenvalue weighted by Crippen LogP contribution is 2.58. The smallest absolute Gasteiger partial charge is 0.0980 e. The average molecular weight is 1240 g/mol. The third-order valence-electron chi connectivity index (χ3n) is 20.5. The summed E-state index contributed by atoms with van der Waals surface area (Å²) in [6.45, 7) is 0. The van der Waals surface area contributed by atoms with Crippen LogP contribution in [0.2, 0.25) is 0 Å². The second-order valence-electron chi connectivity index (χ2n) is 26.0. The Balaban J connectivity index is 0.749. The fraction of sp³-hybridized carbons (Fsp3) is 0. The standard InChI is InChI=1S/C92H54N6/c1-2-22-59(23-3-1)87-89(94-79-36-15-14-35-78(79)93-87)73-46-48-82(71-33-13-12-32-70(71)73)98-84-38-18-28-63-50-65(52-76(86(63)84)75-45-42-57-21-7-11-31-69(57)92(75)98)61-43-47-80-81(53-61)96-88(64-40-39-55-19-4-5-24-60(55)49-64)90(95-80)77-54-66(51-62-25-8-9-29-67(62)77)97-83-37-17-27-58-26-16-34-72(85(58)83)74-44-41-56-20-6-10-30-68(56)91(74)97/h1-54H. The summed E-state index contributed by atoms with van der Waals surface area (Å²) in [6.07, 6.45) is 0. The molecule has 4 heterocycles. The molecule has 0 fully saturated rings. The summed E-state index contributed by atoms with van der Waals surface area (Å²) in [7, 11) is 0. The zero-order chi connectivity index (χ0) is 64.1. The first-order valence-corrected chi connectivity index (χ1v) is 33.5. The second-order valence-corrected chi connectivity index (χ2v) is 26.0. The van der Waals surface area contributed by atoms with E-state index in [0.717, 1.165) is 145 Å². The van der Waals surface area contributed by atoms with E-state index in [-0.39, 0.29) is 0 Å². The van der Waals surface area contributed by atoms with Crippen molar-refractivity contribution in [2.24, 2.45) is 0 Å². The zero-order valence-corrected chi connectivity index (χ0v) is 52.9. The molecule has 17 aromatic carbocycles. The van der Waals surface area contributed by atoms with Crippen molar-refractivity contribution in [3.05, 3.63) is 328 Å². The summed E-state index contributed by atoms with van der Waals surface area (Å²) < 4.78 is 0. The van der Waals surface area contributed by atoms with Gasteiger partial charge >= 0.3 is 0 Å². The Morgan fingerprint density at radius 3 is 1.47 bits per heavy atom. The van der Waals surface area contributed by atoms with Gasteiger partial charge in [-0.15, -0.1) is 0 Å². The predicted octanol–water partition coefficient (Wildman–Crippen LogP) is 24.9. The van der Waals surface area contributed by atoms with E-state index >= 15 is 0 Å². The first-order valence-electron chi connectivity index (χ1n) is 33.5. The Morgan fingerprint density at radius 2 is 0.704 bits per heavy atom. The Labute approximate surface area is 563 Å². The highest BCUT2D eigenvalue weighted by atomic mass is 15.2. The van der Waals surface area contributed by atoms with E-state index in [9.17, 15) is 0 Å².